The van der Waals surface area contributed by atoms with Gasteiger partial charge in [0.2, 0.25) is 5.88 Å². The molecule has 1 N–H and O–H groups in total. The molecule has 8 nitrogen and oxygen atoms in total. The molecule has 0 aliphatic heterocycles. The maximum Gasteiger partial charge on any atom is 0.347 e. The van der Waals surface area contributed by atoms with Gasteiger partial charge in [-0.1, -0.05) is 35.0 Å². The number of hydrogen-bond acceptors (Lipinski definition) is 7. The lowest BCUT2D eigenvalue weighted by Gasteiger charge is -2.13. The highest BCUT2D eigenvalue weighted by Crippen LogP contribution is 2.22. The minimum atomic E-state index is -0.927. The molecule has 1 atom stereocenters. The highest BCUT2D eigenvalue weighted by atomic mass is 16.6. The number of hydrogen-bond donors (Lipinski definition) is 1. The summed E-state index contributed by atoms with van der Waals surface area (Å²) in [4.78, 5) is 24.0. The average molecular weight is 405 g/mol. The van der Waals surface area contributed by atoms with Crippen LogP contribution < -0.4 is 10.1 Å². The van der Waals surface area contributed by atoms with E-state index in [0.29, 0.717) is 17.0 Å². The Bertz CT molecular complexity index is 1070. The zero-order valence-electron chi connectivity index (χ0n) is 16.4. The van der Waals surface area contributed by atoms with Gasteiger partial charge in [-0.05, 0) is 38.1 Å². The van der Waals surface area contributed by atoms with Gasteiger partial charge >= 0.3 is 5.97 Å². The van der Waals surface area contributed by atoms with Gasteiger partial charge in [0.05, 0.1) is 11.6 Å². The van der Waals surface area contributed by atoms with E-state index in [2.05, 4.69) is 10.5 Å². The van der Waals surface area contributed by atoms with Crippen molar-refractivity contribution < 1.29 is 23.6 Å². The summed E-state index contributed by atoms with van der Waals surface area (Å²) in [6, 6.07) is 17.6. The second kappa shape index (κ2) is 9.39. The summed E-state index contributed by atoms with van der Waals surface area (Å²) in [5.74, 6) is -0.713. The van der Waals surface area contributed by atoms with Crippen LogP contribution in [0.4, 0.5) is 5.88 Å². The van der Waals surface area contributed by atoms with Gasteiger partial charge in [0.25, 0.3) is 5.91 Å². The van der Waals surface area contributed by atoms with E-state index < -0.39 is 24.6 Å². The molecule has 0 saturated carbocycles. The summed E-state index contributed by atoms with van der Waals surface area (Å²) in [7, 11) is 0. The lowest BCUT2D eigenvalue weighted by atomic mass is 10.1. The molecular weight excluding hydrogens is 386 g/mol. The first-order chi connectivity index (χ1) is 14.4. The highest BCUT2D eigenvalue weighted by Gasteiger charge is 2.18. The van der Waals surface area contributed by atoms with Crippen molar-refractivity contribution in [2.45, 2.75) is 20.0 Å². The second-order valence-electron chi connectivity index (χ2n) is 6.49. The van der Waals surface area contributed by atoms with Gasteiger partial charge in [-0.3, -0.25) is 10.1 Å². The Morgan fingerprint density at radius 3 is 2.53 bits per heavy atom. The van der Waals surface area contributed by atoms with Crippen molar-refractivity contribution in [1.29, 1.82) is 5.26 Å². The Morgan fingerprint density at radius 1 is 1.17 bits per heavy atom. The quantitative estimate of drug-likeness (QED) is 0.599. The number of amides is 1. The predicted octanol–water partition coefficient (Wildman–Crippen LogP) is 3.47. The molecule has 30 heavy (non-hydrogen) atoms. The molecule has 2 aromatic carbocycles. The number of nitriles is 1. The Morgan fingerprint density at radius 2 is 1.87 bits per heavy atom. The van der Waals surface area contributed by atoms with Gasteiger partial charge in [0.15, 0.2) is 12.7 Å². The van der Waals surface area contributed by atoms with Gasteiger partial charge in [0.1, 0.15) is 11.4 Å². The van der Waals surface area contributed by atoms with E-state index in [1.807, 2.05) is 37.3 Å². The molecule has 1 amide bonds. The molecule has 1 aromatic heterocycles. The largest absolute Gasteiger partial charge is 0.479 e. The first-order valence-electron chi connectivity index (χ1n) is 9.11. The van der Waals surface area contributed by atoms with Crippen LogP contribution >= 0.6 is 0 Å². The molecule has 152 valence electrons. The van der Waals surface area contributed by atoms with Crippen molar-refractivity contribution in [3.05, 3.63) is 65.7 Å². The van der Waals surface area contributed by atoms with Gasteiger partial charge in [-0.15, -0.1) is 0 Å². The number of carbonyl (C=O) groups is 2. The maximum absolute atomic E-state index is 12.0. The fourth-order valence-electron chi connectivity index (χ4n) is 2.48. The van der Waals surface area contributed by atoms with E-state index in [1.165, 1.54) is 6.92 Å². The molecule has 0 aliphatic carbocycles. The molecule has 0 unspecified atom stereocenters. The van der Waals surface area contributed by atoms with Crippen LogP contribution in [0.1, 0.15) is 18.1 Å². The third-order valence-electron chi connectivity index (χ3n) is 4.09. The molecule has 0 radical (unpaired) electrons. The number of ether oxygens (including phenoxy) is 2. The summed E-state index contributed by atoms with van der Waals surface area (Å²) in [6.07, 6.45) is -0.927. The Kier molecular flexibility index (Phi) is 6.45. The fraction of sp³-hybridized carbons (Fsp3) is 0.182. The van der Waals surface area contributed by atoms with Crippen LogP contribution in [0.15, 0.2) is 59.1 Å². The number of carbonyl (C=O) groups excluding carboxylic acids is 2. The highest BCUT2D eigenvalue weighted by molar-refractivity contribution is 5.92. The molecule has 0 spiro atoms. The number of rotatable bonds is 7. The molecule has 8 heteroatoms. The van der Waals surface area contributed by atoms with E-state index in [0.717, 1.165) is 11.1 Å². The third-order valence-corrected chi connectivity index (χ3v) is 4.09. The summed E-state index contributed by atoms with van der Waals surface area (Å²) in [5, 5.41) is 15.2. The first-order valence-corrected chi connectivity index (χ1v) is 9.11. The van der Waals surface area contributed by atoms with Crippen LogP contribution in [0.25, 0.3) is 11.3 Å². The lowest BCUT2D eigenvalue weighted by Crippen LogP contribution is -2.29. The van der Waals surface area contributed by atoms with Crippen molar-refractivity contribution in [3.8, 4) is 23.1 Å². The molecule has 0 bridgehead atoms. The zero-order chi connectivity index (χ0) is 21.5. The summed E-state index contributed by atoms with van der Waals surface area (Å²) in [6.45, 7) is 2.99. The predicted molar refractivity (Wildman–Crippen MR) is 108 cm³/mol. The summed E-state index contributed by atoms with van der Waals surface area (Å²) in [5.41, 5.74) is 3.03. The van der Waals surface area contributed by atoms with Crippen molar-refractivity contribution in [2.75, 3.05) is 11.9 Å². The number of esters is 1. The Hall–Kier alpha value is -4.12. The monoisotopic (exact) mass is 405 g/mol. The smallest absolute Gasteiger partial charge is 0.347 e. The van der Waals surface area contributed by atoms with Gasteiger partial charge in [0, 0.05) is 11.6 Å². The third kappa shape index (κ3) is 5.45. The molecule has 0 aliphatic rings. The number of nitrogens with zero attached hydrogens (tertiary/aromatic N) is 2. The number of aryl methyl sites for hydroxylation is 1. The SMILES string of the molecule is Cc1ccc(-c2cc(NC(=O)COC(=O)[C@@H](C)Oc3ccc(C#N)cc3)on2)cc1. The van der Waals surface area contributed by atoms with E-state index in [4.69, 9.17) is 19.3 Å². The molecule has 3 rings (SSSR count). The fourth-order valence-corrected chi connectivity index (χ4v) is 2.48. The summed E-state index contributed by atoms with van der Waals surface area (Å²) < 4.78 is 15.5. The van der Waals surface area contributed by atoms with Crippen LogP contribution in [0, 0.1) is 18.3 Å². The van der Waals surface area contributed by atoms with Crippen LogP contribution in [-0.2, 0) is 14.3 Å². The number of benzene rings is 2. The van der Waals surface area contributed by atoms with Gasteiger partial charge < -0.3 is 14.0 Å². The van der Waals surface area contributed by atoms with Crippen molar-refractivity contribution in [2.24, 2.45) is 0 Å². The molecular formula is C22H19N3O5. The van der Waals surface area contributed by atoms with Crippen LogP contribution in [-0.4, -0.2) is 29.7 Å². The minimum Gasteiger partial charge on any atom is -0.479 e. The Balaban J connectivity index is 1.47. The first kappa shape index (κ1) is 20.6. The second-order valence-corrected chi connectivity index (χ2v) is 6.49. The molecule has 0 fully saturated rings. The van der Waals surface area contributed by atoms with Crippen molar-refractivity contribution in [3.63, 3.8) is 0 Å². The van der Waals surface area contributed by atoms with E-state index in [-0.39, 0.29) is 5.88 Å². The lowest BCUT2D eigenvalue weighted by molar-refractivity contribution is -0.153. The van der Waals surface area contributed by atoms with E-state index in [9.17, 15) is 9.59 Å². The number of nitrogens with one attached hydrogen (secondary N) is 1. The van der Waals surface area contributed by atoms with Crippen LogP contribution in [0.5, 0.6) is 5.75 Å². The Labute approximate surface area is 173 Å². The number of anilines is 1. The summed E-state index contributed by atoms with van der Waals surface area (Å²) >= 11 is 0. The average Bonchev–Trinajstić information content (AvgIpc) is 3.21. The van der Waals surface area contributed by atoms with Gasteiger partial charge in [-0.2, -0.15) is 5.26 Å². The van der Waals surface area contributed by atoms with Gasteiger partial charge in [-0.25, -0.2) is 4.79 Å². The maximum atomic E-state index is 12.0. The topological polar surface area (TPSA) is 114 Å². The van der Waals surface area contributed by atoms with E-state index in [1.54, 1.807) is 30.3 Å². The number of aromatic nitrogens is 1. The normalized spacial score (nSPS) is 11.2. The van der Waals surface area contributed by atoms with Crippen molar-refractivity contribution in [1.82, 2.24) is 5.16 Å². The zero-order valence-corrected chi connectivity index (χ0v) is 16.4. The minimum absolute atomic E-state index is 0.147. The van der Waals surface area contributed by atoms with Crippen molar-refractivity contribution >= 4 is 17.8 Å². The molecule has 1 heterocycles. The van der Waals surface area contributed by atoms with Crippen LogP contribution in [0.2, 0.25) is 0 Å². The molecule has 0 saturated heterocycles. The standard InChI is InChI=1S/C22H19N3O5/c1-14-3-7-17(8-4-14)19-11-21(30-25-19)24-20(26)13-28-22(27)15(2)29-18-9-5-16(12-23)6-10-18/h3-11,15H,13H2,1-2H3,(H,24,26)/t15-/m1/s1. The van der Waals surface area contributed by atoms with E-state index >= 15 is 0 Å². The molecule has 3 aromatic rings. The van der Waals surface area contributed by atoms with Crippen LogP contribution in [0.3, 0.4) is 0 Å².